The summed E-state index contributed by atoms with van der Waals surface area (Å²) in [5.41, 5.74) is 3.46. The number of likely N-dealkylation sites (tertiary alicyclic amines) is 1. The third-order valence-electron chi connectivity index (χ3n) is 6.93. The largest absolute Gasteiger partial charge is 0.453 e. The number of ether oxygens (including phenoxy) is 2. The molecule has 2 fully saturated rings. The van der Waals surface area contributed by atoms with Gasteiger partial charge in [0.05, 0.1) is 32.1 Å². The number of nitrogens with one attached hydrogen (secondary N) is 1. The molecule has 1 aliphatic carbocycles. The number of carbonyl (C=O) groups excluding carboxylic acids is 1. The molecule has 1 saturated heterocycles. The molecule has 1 aromatic carbocycles. The molecule has 1 aliphatic heterocycles. The Labute approximate surface area is 184 Å². The van der Waals surface area contributed by atoms with Gasteiger partial charge in [0, 0.05) is 23.7 Å². The zero-order chi connectivity index (χ0) is 21.6. The van der Waals surface area contributed by atoms with E-state index in [1.54, 1.807) is 6.20 Å². The minimum Gasteiger partial charge on any atom is -0.453 e. The molecule has 6 heteroatoms. The Balaban J connectivity index is 1.42. The Hall–Kier alpha value is -2.60. The molecule has 1 amide bonds. The smallest absolute Gasteiger partial charge is 0.409 e. The van der Waals surface area contributed by atoms with Gasteiger partial charge in [0.1, 0.15) is 0 Å². The fourth-order valence-corrected chi connectivity index (χ4v) is 5.23. The van der Waals surface area contributed by atoms with Crippen LogP contribution in [0.3, 0.4) is 0 Å². The highest BCUT2D eigenvalue weighted by Gasteiger charge is 2.38. The van der Waals surface area contributed by atoms with Crippen LogP contribution in [0.4, 0.5) is 4.79 Å². The number of H-pyrrole nitrogens is 1. The monoisotopic (exact) mass is 423 g/mol. The SMILES string of the molecule is C=Cc1cn[nH]c1[C@H]1CCCN(C(=O)OC)C1COC1CCC(c2ccccc2)CC1. The summed E-state index contributed by atoms with van der Waals surface area (Å²) in [7, 11) is 1.44. The van der Waals surface area contributed by atoms with E-state index >= 15 is 0 Å². The van der Waals surface area contributed by atoms with Crippen LogP contribution < -0.4 is 0 Å². The quantitative estimate of drug-likeness (QED) is 0.701. The van der Waals surface area contributed by atoms with E-state index in [4.69, 9.17) is 9.47 Å². The van der Waals surface area contributed by atoms with Crippen LogP contribution in [0, 0.1) is 0 Å². The van der Waals surface area contributed by atoms with Crippen molar-refractivity contribution in [1.82, 2.24) is 15.1 Å². The average molecular weight is 424 g/mol. The van der Waals surface area contributed by atoms with E-state index in [1.807, 2.05) is 11.0 Å². The first-order valence-electron chi connectivity index (χ1n) is 11.4. The zero-order valence-corrected chi connectivity index (χ0v) is 18.3. The van der Waals surface area contributed by atoms with Gasteiger partial charge in [-0.05, 0) is 50.0 Å². The number of aromatic amines is 1. The van der Waals surface area contributed by atoms with E-state index in [-0.39, 0.29) is 24.2 Å². The topological polar surface area (TPSA) is 67.5 Å². The Morgan fingerprint density at radius 1 is 1.23 bits per heavy atom. The maximum atomic E-state index is 12.5. The summed E-state index contributed by atoms with van der Waals surface area (Å²) in [5, 5.41) is 7.35. The number of amides is 1. The summed E-state index contributed by atoms with van der Waals surface area (Å²) in [6.45, 7) is 5.11. The highest BCUT2D eigenvalue weighted by atomic mass is 16.5. The molecule has 1 unspecified atom stereocenters. The lowest BCUT2D eigenvalue weighted by Gasteiger charge is -2.41. The fourth-order valence-electron chi connectivity index (χ4n) is 5.23. The van der Waals surface area contributed by atoms with Gasteiger partial charge in [-0.3, -0.25) is 5.10 Å². The molecule has 2 atom stereocenters. The fraction of sp³-hybridized carbons (Fsp3) is 0.520. The van der Waals surface area contributed by atoms with Crippen LogP contribution in [0.25, 0.3) is 6.08 Å². The van der Waals surface area contributed by atoms with Gasteiger partial charge in [-0.15, -0.1) is 0 Å². The maximum Gasteiger partial charge on any atom is 0.409 e. The summed E-state index contributed by atoms with van der Waals surface area (Å²) >= 11 is 0. The predicted molar refractivity (Wildman–Crippen MR) is 121 cm³/mol. The number of carbonyl (C=O) groups is 1. The molecule has 1 aromatic heterocycles. The van der Waals surface area contributed by atoms with Crippen molar-refractivity contribution < 1.29 is 14.3 Å². The number of piperidine rings is 1. The van der Waals surface area contributed by atoms with Crippen LogP contribution >= 0.6 is 0 Å². The highest BCUT2D eigenvalue weighted by Crippen LogP contribution is 2.37. The molecule has 0 radical (unpaired) electrons. The molecule has 4 rings (SSSR count). The molecule has 6 nitrogen and oxygen atoms in total. The van der Waals surface area contributed by atoms with Crippen molar-refractivity contribution in [2.24, 2.45) is 0 Å². The number of aromatic nitrogens is 2. The van der Waals surface area contributed by atoms with Crippen molar-refractivity contribution in [3.05, 3.63) is 59.9 Å². The molecule has 31 heavy (non-hydrogen) atoms. The molecule has 166 valence electrons. The first-order chi connectivity index (χ1) is 15.2. The van der Waals surface area contributed by atoms with E-state index in [2.05, 4.69) is 47.1 Å². The van der Waals surface area contributed by atoms with Crippen LogP contribution in [0.15, 0.2) is 43.1 Å². The van der Waals surface area contributed by atoms with Gasteiger partial charge < -0.3 is 14.4 Å². The molecule has 1 saturated carbocycles. The molecular weight excluding hydrogens is 390 g/mol. The van der Waals surface area contributed by atoms with Crippen molar-refractivity contribution in [2.75, 3.05) is 20.3 Å². The summed E-state index contributed by atoms with van der Waals surface area (Å²) in [5.74, 6) is 0.749. The minimum absolute atomic E-state index is 0.0767. The van der Waals surface area contributed by atoms with Crippen LogP contribution in [-0.4, -0.2) is 53.6 Å². The van der Waals surface area contributed by atoms with Gasteiger partial charge in [0.15, 0.2) is 0 Å². The summed E-state index contributed by atoms with van der Waals surface area (Å²) in [6, 6.07) is 10.7. The van der Waals surface area contributed by atoms with E-state index in [0.717, 1.165) is 49.8 Å². The second-order valence-corrected chi connectivity index (χ2v) is 8.64. The average Bonchev–Trinajstić information content (AvgIpc) is 3.31. The second-order valence-electron chi connectivity index (χ2n) is 8.64. The van der Waals surface area contributed by atoms with E-state index in [0.29, 0.717) is 19.1 Å². The van der Waals surface area contributed by atoms with Gasteiger partial charge in [-0.1, -0.05) is 43.0 Å². The predicted octanol–water partition coefficient (Wildman–Crippen LogP) is 5.11. The van der Waals surface area contributed by atoms with E-state index in [1.165, 1.54) is 12.7 Å². The number of rotatable bonds is 6. The van der Waals surface area contributed by atoms with Gasteiger partial charge in [0.2, 0.25) is 0 Å². The van der Waals surface area contributed by atoms with Crippen LogP contribution in [-0.2, 0) is 9.47 Å². The summed E-state index contributed by atoms with van der Waals surface area (Å²) in [6.07, 6.45) is 9.86. The molecular formula is C25H33N3O3. The van der Waals surface area contributed by atoms with E-state index < -0.39 is 0 Å². The zero-order valence-electron chi connectivity index (χ0n) is 18.3. The highest BCUT2D eigenvalue weighted by molar-refractivity contribution is 5.68. The lowest BCUT2D eigenvalue weighted by Crippen LogP contribution is -2.50. The standard InChI is InChI=1S/C25H33N3O3/c1-3-18-16-26-27-24(18)22-10-7-15-28(25(29)30-2)23(22)17-31-21-13-11-20(12-14-21)19-8-5-4-6-9-19/h3-6,8-9,16,20-23H,1,7,10-15,17H2,2H3,(H,26,27)/t20?,21?,22-,23?/m0/s1. The third-order valence-corrected chi connectivity index (χ3v) is 6.93. The molecule has 0 spiro atoms. The van der Waals surface area contributed by atoms with Crippen molar-refractivity contribution in [3.63, 3.8) is 0 Å². The van der Waals surface area contributed by atoms with Crippen LogP contribution in [0.5, 0.6) is 0 Å². The lowest BCUT2D eigenvalue weighted by molar-refractivity contribution is -0.0242. The molecule has 1 N–H and O–H groups in total. The van der Waals surface area contributed by atoms with E-state index in [9.17, 15) is 4.79 Å². The maximum absolute atomic E-state index is 12.5. The Kier molecular flexibility index (Phi) is 7.07. The van der Waals surface area contributed by atoms with Crippen molar-refractivity contribution >= 4 is 12.2 Å². The van der Waals surface area contributed by atoms with Gasteiger partial charge in [-0.25, -0.2) is 4.79 Å². The third kappa shape index (κ3) is 4.85. The van der Waals surface area contributed by atoms with Gasteiger partial charge in [-0.2, -0.15) is 5.10 Å². The number of benzene rings is 1. The summed E-state index contributed by atoms with van der Waals surface area (Å²) < 4.78 is 11.5. The minimum atomic E-state index is -0.286. The Morgan fingerprint density at radius 3 is 2.71 bits per heavy atom. The van der Waals surface area contributed by atoms with Crippen molar-refractivity contribution in [1.29, 1.82) is 0 Å². The first kappa shape index (κ1) is 21.6. The molecule has 0 bridgehead atoms. The lowest BCUT2D eigenvalue weighted by atomic mass is 9.82. The molecule has 2 heterocycles. The van der Waals surface area contributed by atoms with Crippen molar-refractivity contribution in [2.45, 2.75) is 62.5 Å². The first-order valence-corrected chi connectivity index (χ1v) is 11.4. The number of hydrogen-bond donors (Lipinski definition) is 1. The van der Waals surface area contributed by atoms with Gasteiger partial charge in [0.25, 0.3) is 0 Å². The normalized spacial score (nSPS) is 26.4. The van der Waals surface area contributed by atoms with Gasteiger partial charge >= 0.3 is 6.09 Å². The number of nitrogens with zero attached hydrogens (tertiary/aromatic N) is 2. The Morgan fingerprint density at radius 2 is 2.00 bits per heavy atom. The Bertz CT molecular complexity index is 858. The van der Waals surface area contributed by atoms with Crippen molar-refractivity contribution in [3.8, 4) is 0 Å². The van der Waals surface area contributed by atoms with Crippen LogP contribution in [0.2, 0.25) is 0 Å². The molecule has 2 aromatic rings. The second kappa shape index (κ2) is 10.1. The van der Waals surface area contributed by atoms with Crippen LogP contribution in [0.1, 0.15) is 67.2 Å². The summed E-state index contributed by atoms with van der Waals surface area (Å²) in [4.78, 5) is 14.3. The molecule has 2 aliphatic rings. The number of methoxy groups -OCH3 is 1. The number of hydrogen-bond acceptors (Lipinski definition) is 4.